The van der Waals surface area contributed by atoms with Crippen LogP contribution in [0.5, 0.6) is 0 Å². The van der Waals surface area contributed by atoms with Crippen molar-refractivity contribution in [3.8, 4) is 0 Å². The molecule has 0 saturated heterocycles. The van der Waals surface area contributed by atoms with Gasteiger partial charge in [-0.15, -0.1) is 0 Å². The van der Waals surface area contributed by atoms with E-state index in [2.05, 4.69) is 5.32 Å². The maximum atomic E-state index is 11.3. The van der Waals surface area contributed by atoms with Gasteiger partial charge >= 0.3 is 5.97 Å². The molecule has 0 unspecified atom stereocenters. The highest BCUT2D eigenvalue weighted by molar-refractivity contribution is 5.96. The van der Waals surface area contributed by atoms with E-state index >= 15 is 0 Å². The molecule has 0 aromatic heterocycles. The number of hydrogen-bond donors (Lipinski definition) is 1. The van der Waals surface area contributed by atoms with Gasteiger partial charge in [-0.1, -0.05) is 13.8 Å². The summed E-state index contributed by atoms with van der Waals surface area (Å²) < 4.78 is 4.76. The Kier molecular flexibility index (Phi) is 3.28. The lowest BCUT2D eigenvalue weighted by Gasteiger charge is -2.06. The molecule has 0 bridgehead atoms. The van der Waals surface area contributed by atoms with E-state index in [0.29, 0.717) is 12.1 Å². The maximum absolute atomic E-state index is 11.3. The monoisotopic (exact) mass is 197 g/mol. The summed E-state index contributed by atoms with van der Waals surface area (Å²) >= 11 is 0. The van der Waals surface area contributed by atoms with E-state index < -0.39 is 5.97 Å². The third-order valence-electron chi connectivity index (χ3n) is 1.91. The third-order valence-corrected chi connectivity index (χ3v) is 1.91. The van der Waals surface area contributed by atoms with Gasteiger partial charge in [-0.2, -0.15) is 0 Å². The Labute approximate surface area is 83.3 Å². The zero-order valence-electron chi connectivity index (χ0n) is 8.72. The molecule has 78 valence electrons. The second-order valence-corrected chi connectivity index (χ2v) is 3.88. The van der Waals surface area contributed by atoms with Crippen LogP contribution >= 0.6 is 0 Å². The van der Waals surface area contributed by atoms with Gasteiger partial charge in [0.05, 0.1) is 0 Å². The van der Waals surface area contributed by atoms with Gasteiger partial charge < -0.3 is 10.1 Å². The molecule has 0 aromatic carbocycles. The molecule has 4 heteroatoms. The van der Waals surface area contributed by atoms with Gasteiger partial charge in [-0.25, -0.2) is 4.79 Å². The summed E-state index contributed by atoms with van der Waals surface area (Å²) in [4.78, 5) is 22.5. The van der Waals surface area contributed by atoms with Crippen molar-refractivity contribution in [2.24, 2.45) is 5.92 Å². The van der Waals surface area contributed by atoms with Crippen molar-refractivity contribution in [3.05, 3.63) is 11.3 Å². The smallest absolute Gasteiger partial charge is 0.355 e. The van der Waals surface area contributed by atoms with Crippen molar-refractivity contribution in [2.45, 2.75) is 27.2 Å². The van der Waals surface area contributed by atoms with Crippen molar-refractivity contribution in [1.29, 1.82) is 0 Å². The van der Waals surface area contributed by atoms with E-state index in [-0.39, 0.29) is 18.4 Å². The van der Waals surface area contributed by atoms with Crippen LogP contribution in [-0.4, -0.2) is 18.5 Å². The molecule has 0 spiro atoms. The first-order chi connectivity index (χ1) is 6.50. The molecule has 4 nitrogen and oxygen atoms in total. The van der Waals surface area contributed by atoms with Gasteiger partial charge in [-0.3, -0.25) is 4.79 Å². The van der Waals surface area contributed by atoms with Crippen LogP contribution in [0, 0.1) is 5.92 Å². The first-order valence-electron chi connectivity index (χ1n) is 4.67. The van der Waals surface area contributed by atoms with Crippen molar-refractivity contribution >= 4 is 11.9 Å². The van der Waals surface area contributed by atoms with Crippen LogP contribution < -0.4 is 5.32 Å². The van der Waals surface area contributed by atoms with Crippen LogP contribution in [0.3, 0.4) is 0 Å². The average molecular weight is 197 g/mol. The molecule has 0 saturated carbocycles. The van der Waals surface area contributed by atoms with Crippen molar-refractivity contribution in [3.63, 3.8) is 0 Å². The molecule has 0 atom stereocenters. The SMILES string of the molecule is CC1=C(NC(=O)CC(C)C)C(=O)OC1. The summed E-state index contributed by atoms with van der Waals surface area (Å²) in [5.74, 6) is -0.277. The number of cyclic esters (lactones) is 1. The Morgan fingerprint density at radius 1 is 1.57 bits per heavy atom. The van der Waals surface area contributed by atoms with Crippen LogP contribution in [-0.2, 0) is 14.3 Å². The number of nitrogens with one attached hydrogen (secondary N) is 1. The maximum Gasteiger partial charge on any atom is 0.355 e. The molecule has 1 aliphatic rings. The van der Waals surface area contributed by atoms with Gasteiger partial charge in [0.2, 0.25) is 5.91 Å². The first-order valence-corrected chi connectivity index (χ1v) is 4.67. The Balaban J connectivity index is 2.56. The minimum atomic E-state index is -0.431. The summed E-state index contributed by atoms with van der Waals surface area (Å²) in [6.07, 6.45) is 0.421. The standard InChI is InChI=1S/C10H15NO3/c1-6(2)4-8(12)11-9-7(3)5-14-10(9)13/h6H,4-5H2,1-3H3,(H,11,12). The Bertz CT molecular complexity index is 292. The number of amides is 1. The Hall–Kier alpha value is -1.32. The fourth-order valence-electron chi connectivity index (χ4n) is 1.21. The predicted octanol–water partition coefficient (Wildman–Crippen LogP) is 0.980. The summed E-state index contributed by atoms with van der Waals surface area (Å²) in [6, 6.07) is 0. The van der Waals surface area contributed by atoms with Gasteiger partial charge in [0.1, 0.15) is 12.3 Å². The van der Waals surface area contributed by atoms with E-state index in [1.54, 1.807) is 6.92 Å². The molecule has 0 fully saturated rings. The number of esters is 1. The molecule has 1 rings (SSSR count). The molecular formula is C10H15NO3. The number of carbonyl (C=O) groups excluding carboxylic acids is 2. The van der Waals surface area contributed by atoms with E-state index in [0.717, 1.165) is 5.57 Å². The molecule has 1 heterocycles. The fourth-order valence-corrected chi connectivity index (χ4v) is 1.21. The number of carbonyl (C=O) groups is 2. The fraction of sp³-hybridized carbons (Fsp3) is 0.600. The predicted molar refractivity (Wildman–Crippen MR) is 51.3 cm³/mol. The van der Waals surface area contributed by atoms with Gasteiger partial charge in [-0.05, 0) is 18.4 Å². The Morgan fingerprint density at radius 3 is 2.64 bits per heavy atom. The minimum Gasteiger partial charge on any atom is -0.456 e. The van der Waals surface area contributed by atoms with Crippen LogP contribution in [0.25, 0.3) is 0 Å². The molecule has 14 heavy (non-hydrogen) atoms. The van der Waals surface area contributed by atoms with E-state index in [9.17, 15) is 9.59 Å². The van der Waals surface area contributed by atoms with Crippen molar-refractivity contribution in [1.82, 2.24) is 5.32 Å². The average Bonchev–Trinajstić information content (AvgIpc) is 2.34. The summed E-state index contributed by atoms with van der Waals surface area (Å²) in [5, 5.41) is 2.58. The summed E-state index contributed by atoms with van der Waals surface area (Å²) in [5.41, 5.74) is 1.10. The largest absolute Gasteiger partial charge is 0.456 e. The second-order valence-electron chi connectivity index (χ2n) is 3.88. The molecule has 0 radical (unpaired) electrons. The van der Waals surface area contributed by atoms with E-state index in [1.165, 1.54) is 0 Å². The van der Waals surface area contributed by atoms with E-state index in [4.69, 9.17) is 4.74 Å². The number of hydrogen-bond acceptors (Lipinski definition) is 3. The zero-order valence-corrected chi connectivity index (χ0v) is 8.72. The van der Waals surface area contributed by atoms with Gasteiger partial charge in [0.15, 0.2) is 0 Å². The van der Waals surface area contributed by atoms with Crippen molar-refractivity contribution < 1.29 is 14.3 Å². The van der Waals surface area contributed by atoms with Crippen LogP contribution in [0.15, 0.2) is 11.3 Å². The molecule has 0 aromatic rings. The lowest BCUT2D eigenvalue weighted by molar-refractivity contribution is -0.137. The second kappa shape index (κ2) is 4.26. The molecule has 1 aliphatic heterocycles. The van der Waals surface area contributed by atoms with Crippen LogP contribution in [0.2, 0.25) is 0 Å². The lowest BCUT2D eigenvalue weighted by Crippen LogP contribution is -2.27. The molecule has 0 aliphatic carbocycles. The molecular weight excluding hydrogens is 182 g/mol. The quantitative estimate of drug-likeness (QED) is 0.686. The van der Waals surface area contributed by atoms with E-state index in [1.807, 2.05) is 13.8 Å². The summed E-state index contributed by atoms with van der Waals surface area (Å²) in [6.45, 7) is 5.97. The number of ether oxygens (including phenoxy) is 1. The topological polar surface area (TPSA) is 55.4 Å². The van der Waals surface area contributed by atoms with Crippen molar-refractivity contribution in [2.75, 3.05) is 6.61 Å². The highest BCUT2D eigenvalue weighted by atomic mass is 16.5. The minimum absolute atomic E-state index is 0.131. The van der Waals surface area contributed by atoms with Gasteiger partial charge in [0, 0.05) is 6.42 Å². The lowest BCUT2D eigenvalue weighted by atomic mass is 10.1. The molecule has 1 amide bonds. The van der Waals surface area contributed by atoms with Crippen LogP contribution in [0.4, 0.5) is 0 Å². The zero-order chi connectivity index (χ0) is 10.7. The highest BCUT2D eigenvalue weighted by Crippen LogP contribution is 2.12. The Morgan fingerprint density at radius 2 is 2.21 bits per heavy atom. The first kappa shape index (κ1) is 10.8. The van der Waals surface area contributed by atoms with Crippen LogP contribution in [0.1, 0.15) is 27.2 Å². The highest BCUT2D eigenvalue weighted by Gasteiger charge is 2.23. The summed E-state index contributed by atoms with van der Waals surface area (Å²) in [7, 11) is 0. The normalized spacial score (nSPS) is 16.1. The van der Waals surface area contributed by atoms with Gasteiger partial charge in [0.25, 0.3) is 0 Å². The third kappa shape index (κ3) is 2.58. The molecule has 1 N–H and O–H groups in total. The number of rotatable bonds is 3.